The second-order valence-corrected chi connectivity index (χ2v) is 7.85. The molecule has 0 aliphatic heterocycles. The largest absolute Gasteiger partial charge is 0.465 e. The number of alkyl halides is 1. The molecule has 1 aliphatic carbocycles. The Hall–Kier alpha value is -2.68. The van der Waals surface area contributed by atoms with E-state index in [4.69, 9.17) is 4.18 Å². The standard InChI is InChI=1S/C18H18FNO6S/c1-25-18(22)15-10-20(14-7-13(19)8-14)17(21)9-16(15)26-27(23,24)11-12-5-3-2-4-6-12/h2-6,9-10,13-14H,7-8,11H2,1H3. The summed E-state index contributed by atoms with van der Waals surface area (Å²) in [6.45, 7) is 0. The van der Waals surface area contributed by atoms with Gasteiger partial charge in [-0.1, -0.05) is 30.3 Å². The molecule has 1 heterocycles. The molecular weight excluding hydrogens is 377 g/mol. The lowest BCUT2D eigenvalue weighted by Crippen LogP contribution is -2.35. The first-order valence-corrected chi connectivity index (χ1v) is 9.81. The molecule has 3 rings (SSSR count). The third-order valence-electron chi connectivity index (χ3n) is 4.30. The van der Waals surface area contributed by atoms with Crippen LogP contribution < -0.4 is 9.74 Å². The van der Waals surface area contributed by atoms with Crippen LogP contribution >= 0.6 is 0 Å². The maximum absolute atomic E-state index is 13.1. The number of esters is 1. The van der Waals surface area contributed by atoms with Gasteiger partial charge in [0.05, 0.1) is 7.11 Å². The molecule has 1 aromatic heterocycles. The van der Waals surface area contributed by atoms with Crippen LogP contribution in [-0.2, 0) is 20.6 Å². The van der Waals surface area contributed by atoms with Gasteiger partial charge in [0, 0.05) is 18.3 Å². The maximum Gasteiger partial charge on any atom is 0.343 e. The summed E-state index contributed by atoms with van der Waals surface area (Å²) in [6.07, 6.45) is 0.490. The molecule has 0 saturated heterocycles. The van der Waals surface area contributed by atoms with Gasteiger partial charge in [-0.2, -0.15) is 8.42 Å². The Bertz CT molecular complexity index is 996. The highest BCUT2D eigenvalue weighted by atomic mass is 32.2. The van der Waals surface area contributed by atoms with Crippen LogP contribution in [0.15, 0.2) is 47.4 Å². The first kappa shape index (κ1) is 19.1. The summed E-state index contributed by atoms with van der Waals surface area (Å²) in [5, 5.41) is 0. The Labute approximate surface area is 155 Å². The highest BCUT2D eigenvalue weighted by Gasteiger charge is 2.32. The fourth-order valence-corrected chi connectivity index (χ4v) is 3.91. The Balaban J connectivity index is 1.93. The average molecular weight is 395 g/mol. The van der Waals surface area contributed by atoms with Crippen LogP contribution in [0.4, 0.5) is 4.39 Å². The summed E-state index contributed by atoms with van der Waals surface area (Å²) in [5.74, 6) is -1.69. The van der Waals surface area contributed by atoms with Crippen molar-refractivity contribution >= 4 is 16.1 Å². The quantitative estimate of drug-likeness (QED) is 0.550. The third kappa shape index (κ3) is 4.36. The number of hydrogen-bond acceptors (Lipinski definition) is 6. The van der Waals surface area contributed by atoms with E-state index in [0.29, 0.717) is 5.56 Å². The van der Waals surface area contributed by atoms with Crippen molar-refractivity contribution in [2.24, 2.45) is 0 Å². The van der Waals surface area contributed by atoms with Crippen molar-refractivity contribution in [1.82, 2.24) is 4.57 Å². The Morgan fingerprint density at radius 1 is 1.26 bits per heavy atom. The fourth-order valence-electron chi connectivity index (χ4n) is 2.84. The van der Waals surface area contributed by atoms with Crippen LogP contribution in [0.2, 0.25) is 0 Å². The van der Waals surface area contributed by atoms with Crippen LogP contribution in [-0.4, -0.2) is 32.2 Å². The highest BCUT2D eigenvalue weighted by molar-refractivity contribution is 7.86. The summed E-state index contributed by atoms with van der Waals surface area (Å²) < 4.78 is 48.7. The molecule has 27 heavy (non-hydrogen) atoms. The molecule has 1 aliphatic rings. The molecular formula is C18H18FNO6S. The van der Waals surface area contributed by atoms with Crippen LogP contribution in [0, 0.1) is 0 Å². The molecule has 0 spiro atoms. The lowest BCUT2D eigenvalue weighted by molar-refractivity contribution is 0.0596. The van der Waals surface area contributed by atoms with Gasteiger partial charge in [0.1, 0.15) is 17.5 Å². The van der Waals surface area contributed by atoms with Gasteiger partial charge in [-0.25, -0.2) is 9.18 Å². The second kappa shape index (κ2) is 7.51. The van der Waals surface area contributed by atoms with Crippen molar-refractivity contribution in [2.45, 2.75) is 30.8 Å². The molecule has 0 radical (unpaired) electrons. The van der Waals surface area contributed by atoms with Crippen molar-refractivity contribution < 1.29 is 26.5 Å². The Morgan fingerprint density at radius 2 is 1.93 bits per heavy atom. The number of benzene rings is 1. The number of nitrogens with zero attached hydrogens (tertiary/aromatic N) is 1. The average Bonchev–Trinajstić information content (AvgIpc) is 2.59. The third-order valence-corrected chi connectivity index (χ3v) is 5.42. The SMILES string of the molecule is COC(=O)c1cn(C2CC(F)C2)c(=O)cc1OS(=O)(=O)Cc1ccccc1. The number of carbonyl (C=O) groups excluding carboxylic acids is 1. The van der Waals surface area contributed by atoms with E-state index < -0.39 is 39.3 Å². The van der Waals surface area contributed by atoms with E-state index in [1.54, 1.807) is 30.3 Å². The highest BCUT2D eigenvalue weighted by Crippen LogP contribution is 2.34. The first-order valence-electron chi connectivity index (χ1n) is 8.23. The molecule has 7 nitrogen and oxygen atoms in total. The predicted molar refractivity (Wildman–Crippen MR) is 94.9 cm³/mol. The summed E-state index contributed by atoms with van der Waals surface area (Å²) in [7, 11) is -2.99. The lowest BCUT2D eigenvalue weighted by atomic mass is 9.90. The normalized spacial score (nSPS) is 19.2. The van der Waals surface area contributed by atoms with E-state index >= 15 is 0 Å². The van der Waals surface area contributed by atoms with Gasteiger partial charge < -0.3 is 13.5 Å². The van der Waals surface area contributed by atoms with Gasteiger partial charge in [-0.3, -0.25) is 4.79 Å². The summed E-state index contributed by atoms with van der Waals surface area (Å²) in [5.41, 5.74) is -0.297. The molecule has 9 heteroatoms. The summed E-state index contributed by atoms with van der Waals surface area (Å²) >= 11 is 0. The molecule has 0 atom stereocenters. The molecule has 1 fully saturated rings. The van der Waals surface area contributed by atoms with Gasteiger partial charge in [-0.15, -0.1) is 0 Å². The van der Waals surface area contributed by atoms with Crippen molar-refractivity contribution in [2.75, 3.05) is 7.11 Å². The van der Waals surface area contributed by atoms with Crippen LogP contribution in [0.1, 0.15) is 34.8 Å². The first-order chi connectivity index (χ1) is 12.8. The van der Waals surface area contributed by atoms with Gasteiger partial charge in [0.2, 0.25) is 0 Å². The Kier molecular flexibility index (Phi) is 5.31. The van der Waals surface area contributed by atoms with E-state index in [9.17, 15) is 22.4 Å². The zero-order chi connectivity index (χ0) is 19.6. The molecule has 2 aromatic rings. The van der Waals surface area contributed by atoms with E-state index in [2.05, 4.69) is 4.74 Å². The monoisotopic (exact) mass is 395 g/mol. The minimum Gasteiger partial charge on any atom is -0.465 e. The number of pyridine rings is 1. The van der Waals surface area contributed by atoms with Gasteiger partial charge >= 0.3 is 16.1 Å². The molecule has 0 amide bonds. The zero-order valence-corrected chi connectivity index (χ0v) is 15.3. The van der Waals surface area contributed by atoms with E-state index in [1.165, 1.54) is 4.57 Å². The molecule has 144 valence electrons. The molecule has 0 bridgehead atoms. The number of rotatable bonds is 6. The van der Waals surface area contributed by atoms with Crippen LogP contribution in [0.5, 0.6) is 5.75 Å². The number of halogens is 1. The van der Waals surface area contributed by atoms with Crippen LogP contribution in [0.3, 0.4) is 0 Å². The van der Waals surface area contributed by atoms with Crippen molar-refractivity contribution in [3.63, 3.8) is 0 Å². The van der Waals surface area contributed by atoms with Gasteiger partial charge in [-0.05, 0) is 18.4 Å². The number of carbonyl (C=O) groups is 1. The summed E-state index contributed by atoms with van der Waals surface area (Å²) in [6, 6.07) is 8.87. The molecule has 1 saturated carbocycles. The van der Waals surface area contributed by atoms with E-state index in [-0.39, 0.29) is 24.4 Å². The number of aromatic nitrogens is 1. The van der Waals surface area contributed by atoms with Gasteiger partial charge in [0.15, 0.2) is 5.75 Å². The molecule has 0 N–H and O–H groups in total. The molecule has 0 unspecified atom stereocenters. The van der Waals surface area contributed by atoms with E-state index in [0.717, 1.165) is 19.4 Å². The number of ether oxygens (including phenoxy) is 1. The van der Waals surface area contributed by atoms with Gasteiger partial charge in [0.25, 0.3) is 5.56 Å². The maximum atomic E-state index is 13.1. The Morgan fingerprint density at radius 3 is 2.52 bits per heavy atom. The number of hydrogen-bond donors (Lipinski definition) is 0. The van der Waals surface area contributed by atoms with Crippen LogP contribution in [0.25, 0.3) is 0 Å². The minimum absolute atomic E-state index is 0.160. The second-order valence-electron chi connectivity index (χ2n) is 6.28. The topological polar surface area (TPSA) is 91.7 Å². The van der Waals surface area contributed by atoms with E-state index in [1.807, 2.05) is 0 Å². The zero-order valence-electron chi connectivity index (χ0n) is 14.5. The van der Waals surface area contributed by atoms with Crippen molar-refractivity contribution in [3.8, 4) is 5.75 Å². The smallest absolute Gasteiger partial charge is 0.343 e. The predicted octanol–water partition coefficient (Wildman–Crippen LogP) is 2.22. The lowest BCUT2D eigenvalue weighted by Gasteiger charge is -2.31. The molecule has 1 aromatic carbocycles. The minimum atomic E-state index is -4.12. The van der Waals surface area contributed by atoms with Crippen molar-refractivity contribution in [3.05, 3.63) is 64.1 Å². The number of methoxy groups -OCH3 is 1. The fraction of sp³-hybridized carbons (Fsp3) is 0.333. The van der Waals surface area contributed by atoms with Crippen molar-refractivity contribution in [1.29, 1.82) is 0 Å². The summed E-state index contributed by atoms with van der Waals surface area (Å²) in [4.78, 5) is 24.4.